The van der Waals surface area contributed by atoms with Gasteiger partial charge in [-0.25, -0.2) is 9.78 Å². The predicted octanol–water partition coefficient (Wildman–Crippen LogP) is 3.64. The maximum atomic E-state index is 13.5. The number of benzene rings is 1. The highest BCUT2D eigenvalue weighted by atomic mass is 32.2. The van der Waals surface area contributed by atoms with Crippen LogP contribution in [0.25, 0.3) is 10.9 Å². The van der Waals surface area contributed by atoms with Crippen LogP contribution in [0.15, 0.2) is 35.8 Å². The number of aromatic nitrogens is 2. The van der Waals surface area contributed by atoms with Crippen LogP contribution in [0, 0.1) is 23.7 Å². The fourth-order valence-corrected chi connectivity index (χ4v) is 6.85. The first-order valence-electron chi connectivity index (χ1n) is 14.2. The van der Waals surface area contributed by atoms with Gasteiger partial charge in [-0.3, -0.25) is 14.6 Å². The van der Waals surface area contributed by atoms with E-state index >= 15 is 0 Å². The monoisotopic (exact) mass is 596 g/mol. The van der Waals surface area contributed by atoms with E-state index in [0.717, 1.165) is 10.8 Å². The molecule has 42 heavy (non-hydrogen) atoms. The Bertz CT molecular complexity index is 1450. The number of aliphatic carboxylic acids is 1. The molecule has 1 amide bonds. The van der Waals surface area contributed by atoms with E-state index in [1.165, 1.54) is 0 Å². The summed E-state index contributed by atoms with van der Waals surface area (Å²) in [6.07, 6.45) is 1.61. The summed E-state index contributed by atoms with van der Waals surface area (Å²) in [6.45, 7) is 9.86. The lowest BCUT2D eigenvalue weighted by Crippen LogP contribution is -2.49. The molecule has 5 rings (SSSR count). The van der Waals surface area contributed by atoms with Crippen molar-refractivity contribution in [2.45, 2.75) is 57.7 Å². The van der Waals surface area contributed by atoms with Crippen molar-refractivity contribution in [3.8, 4) is 11.6 Å². The number of carbonyl (C=O) groups is 3. The van der Waals surface area contributed by atoms with Crippen molar-refractivity contribution >= 4 is 45.6 Å². The number of ether oxygens (including phenoxy) is 3. The summed E-state index contributed by atoms with van der Waals surface area (Å²) in [5.74, 6) is -1.77. The van der Waals surface area contributed by atoms with E-state index in [-0.39, 0.29) is 31.4 Å². The second kappa shape index (κ2) is 11.9. The molecular formula is C30H36N4O7S. The number of aliphatic imine (C=N–C) groups is 1. The topological polar surface area (TPSA) is 149 Å². The van der Waals surface area contributed by atoms with E-state index in [1.54, 1.807) is 50.1 Å². The Hall–Kier alpha value is -3.67. The Morgan fingerprint density at radius 2 is 2.00 bits per heavy atom. The first kappa shape index (κ1) is 29.8. The van der Waals surface area contributed by atoms with Crippen LogP contribution in [0.5, 0.6) is 11.6 Å². The molecule has 11 nitrogen and oxygen atoms in total. The first-order valence-corrected chi connectivity index (χ1v) is 15.2. The molecule has 2 fully saturated rings. The Morgan fingerprint density at radius 1 is 1.24 bits per heavy atom. The van der Waals surface area contributed by atoms with Gasteiger partial charge in [0, 0.05) is 17.7 Å². The van der Waals surface area contributed by atoms with Crippen LogP contribution in [0.4, 0.5) is 0 Å². The van der Waals surface area contributed by atoms with E-state index in [2.05, 4.69) is 25.7 Å². The zero-order valence-electron chi connectivity index (χ0n) is 24.2. The number of carbonyl (C=O) groups excluding carboxylic acids is 2. The lowest BCUT2D eigenvalue weighted by molar-refractivity contribution is -0.150. The van der Waals surface area contributed by atoms with Gasteiger partial charge in [-0.1, -0.05) is 19.9 Å². The standard InChI is InChI=1S/C30H36N4O7S/c1-6-16-13-30(16,29(38)40-7-2)34-25(35)20-10-18(11-21(20)28(36)37)41-26-19-9-8-17(39-5)12-22(19)31-24(33-26)27-32-23(14-42-27)15(3)4/h6,8-9,12,15-16,18,20-21,23H,1,7,10-11,13-14H2,2-5H3,(H,34,35)(H,36,37)/t16-,18-,20-,21-,23?,30-/m1/s1. The van der Waals surface area contributed by atoms with Gasteiger partial charge in [0.2, 0.25) is 11.8 Å². The Balaban J connectivity index is 1.41. The molecule has 0 saturated heterocycles. The number of methoxy groups -OCH3 is 1. The van der Waals surface area contributed by atoms with Crippen molar-refractivity contribution < 1.29 is 33.7 Å². The van der Waals surface area contributed by atoms with Gasteiger partial charge in [-0.2, -0.15) is 4.98 Å². The molecule has 1 aromatic heterocycles. The zero-order chi connectivity index (χ0) is 30.2. The Morgan fingerprint density at radius 3 is 2.62 bits per heavy atom. The molecule has 0 bridgehead atoms. The average molecular weight is 597 g/mol. The minimum atomic E-state index is -1.21. The molecule has 224 valence electrons. The van der Waals surface area contributed by atoms with Crippen molar-refractivity contribution in [3.63, 3.8) is 0 Å². The number of carboxylic acid groups (broad SMARTS) is 1. The van der Waals surface area contributed by atoms with Crippen LogP contribution in [-0.4, -0.2) is 75.1 Å². The Kier molecular flexibility index (Phi) is 8.45. The SMILES string of the molecule is C=C[C@@H]1C[C@]1(NC(=O)[C@@H]1C[C@@H](Oc2nc(C3=NC(C(C)C)CS3)nc3cc(OC)ccc23)C[C@H]1C(=O)O)C(=O)OCC. The largest absolute Gasteiger partial charge is 0.497 e. The molecule has 1 unspecified atom stereocenters. The lowest BCUT2D eigenvalue weighted by Gasteiger charge is -2.21. The van der Waals surface area contributed by atoms with E-state index < -0.39 is 41.3 Å². The summed E-state index contributed by atoms with van der Waals surface area (Å²) in [4.78, 5) is 52.7. The Labute approximate surface area is 248 Å². The number of carboxylic acids is 1. The number of nitrogens with one attached hydrogen (secondary N) is 1. The number of hydrogen-bond acceptors (Lipinski definition) is 10. The fourth-order valence-electron chi connectivity index (χ4n) is 5.63. The third-order valence-electron chi connectivity index (χ3n) is 8.24. The third kappa shape index (κ3) is 5.68. The van der Waals surface area contributed by atoms with Gasteiger partial charge in [0.1, 0.15) is 22.4 Å². The summed E-state index contributed by atoms with van der Waals surface area (Å²) >= 11 is 1.59. The molecular weight excluding hydrogens is 560 g/mol. The molecule has 2 N–H and O–H groups in total. The molecule has 1 aromatic carbocycles. The van der Waals surface area contributed by atoms with Gasteiger partial charge < -0.3 is 24.6 Å². The number of nitrogens with zero attached hydrogens (tertiary/aromatic N) is 3. The minimum Gasteiger partial charge on any atom is -0.497 e. The fraction of sp³-hybridized carbons (Fsp3) is 0.533. The van der Waals surface area contributed by atoms with E-state index in [4.69, 9.17) is 29.2 Å². The molecule has 0 radical (unpaired) electrons. The summed E-state index contributed by atoms with van der Waals surface area (Å²) in [7, 11) is 1.57. The number of thioether (sulfide) groups is 1. The quantitative estimate of drug-likeness (QED) is 0.291. The minimum absolute atomic E-state index is 0.104. The van der Waals surface area contributed by atoms with Crippen LogP contribution in [0.3, 0.4) is 0 Å². The van der Waals surface area contributed by atoms with E-state index in [1.807, 2.05) is 0 Å². The number of hydrogen-bond donors (Lipinski definition) is 2. The van der Waals surface area contributed by atoms with Crippen LogP contribution in [-0.2, 0) is 19.1 Å². The van der Waals surface area contributed by atoms with Crippen LogP contribution in [0.2, 0.25) is 0 Å². The number of amides is 1. The van der Waals surface area contributed by atoms with Crippen molar-refractivity contribution in [3.05, 3.63) is 36.7 Å². The molecule has 2 aliphatic carbocycles. The number of fused-ring (bicyclic) bond motifs is 1. The van der Waals surface area contributed by atoms with E-state index in [0.29, 0.717) is 40.7 Å². The van der Waals surface area contributed by atoms with Gasteiger partial charge in [0.15, 0.2) is 5.82 Å². The summed E-state index contributed by atoms with van der Waals surface area (Å²) in [6, 6.07) is 5.53. The summed E-state index contributed by atoms with van der Waals surface area (Å²) in [5, 5.41) is 14.2. The highest BCUT2D eigenvalue weighted by Gasteiger charge is 2.62. The molecule has 2 saturated carbocycles. The molecule has 2 heterocycles. The van der Waals surface area contributed by atoms with Crippen molar-refractivity contribution in [2.24, 2.45) is 28.7 Å². The summed E-state index contributed by atoms with van der Waals surface area (Å²) < 4.78 is 17.0. The van der Waals surface area contributed by atoms with Crippen LogP contribution < -0.4 is 14.8 Å². The van der Waals surface area contributed by atoms with Crippen molar-refractivity contribution in [1.29, 1.82) is 0 Å². The van der Waals surface area contributed by atoms with Crippen molar-refractivity contribution in [2.75, 3.05) is 19.5 Å². The molecule has 12 heteroatoms. The lowest BCUT2D eigenvalue weighted by atomic mass is 9.94. The average Bonchev–Trinajstić information content (AvgIpc) is 3.27. The van der Waals surface area contributed by atoms with Gasteiger partial charge >= 0.3 is 11.9 Å². The van der Waals surface area contributed by atoms with Gasteiger partial charge in [0.25, 0.3) is 0 Å². The molecule has 2 aromatic rings. The zero-order valence-corrected chi connectivity index (χ0v) is 25.0. The highest BCUT2D eigenvalue weighted by Crippen LogP contribution is 2.46. The maximum absolute atomic E-state index is 13.5. The second-order valence-corrected chi connectivity index (χ2v) is 12.3. The highest BCUT2D eigenvalue weighted by molar-refractivity contribution is 8.14. The third-order valence-corrected chi connectivity index (χ3v) is 9.31. The number of rotatable bonds is 11. The van der Waals surface area contributed by atoms with Crippen molar-refractivity contribution in [1.82, 2.24) is 15.3 Å². The molecule has 0 spiro atoms. The second-order valence-electron chi connectivity index (χ2n) is 11.3. The van der Waals surface area contributed by atoms with Gasteiger partial charge in [-0.15, -0.1) is 18.3 Å². The van der Waals surface area contributed by atoms with Gasteiger partial charge in [-0.05, 0) is 44.2 Å². The maximum Gasteiger partial charge on any atom is 0.332 e. The molecule has 1 aliphatic heterocycles. The first-order chi connectivity index (χ1) is 20.1. The van der Waals surface area contributed by atoms with Crippen LogP contribution in [0.1, 0.15) is 45.9 Å². The van der Waals surface area contributed by atoms with Gasteiger partial charge in [0.05, 0.1) is 42.5 Å². The normalized spacial score (nSPS) is 28.3. The van der Waals surface area contributed by atoms with Crippen LogP contribution >= 0.6 is 11.8 Å². The smallest absolute Gasteiger partial charge is 0.332 e. The molecule has 6 atom stereocenters. The summed E-state index contributed by atoms with van der Waals surface area (Å²) in [5.41, 5.74) is -0.602. The number of esters is 1. The predicted molar refractivity (Wildman–Crippen MR) is 158 cm³/mol. The van der Waals surface area contributed by atoms with E-state index in [9.17, 15) is 19.5 Å². The molecule has 3 aliphatic rings.